The molecule has 182 valence electrons. The van der Waals surface area contributed by atoms with E-state index in [0.29, 0.717) is 30.6 Å². The molecular formula is C29H26FN3O2S. The summed E-state index contributed by atoms with van der Waals surface area (Å²) in [6, 6.07) is 25.2. The molecule has 6 rings (SSSR count). The molecule has 5 nitrogen and oxygen atoms in total. The number of carbonyl (C=O) groups excluding carboxylic acids is 2. The highest BCUT2D eigenvalue weighted by Crippen LogP contribution is 2.34. The van der Waals surface area contributed by atoms with Crippen molar-refractivity contribution < 1.29 is 14.0 Å². The Bertz CT molecular complexity index is 1420. The molecule has 2 amide bonds. The van der Waals surface area contributed by atoms with Gasteiger partial charge in [-0.3, -0.25) is 9.59 Å². The minimum atomic E-state index is -0.431. The first-order chi connectivity index (χ1) is 17.6. The molecule has 7 heteroatoms. The molecule has 3 aromatic carbocycles. The van der Waals surface area contributed by atoms with Crippen LogP contribution in [-0.4, -0.2) is 59.9 Å². The topological polar surface area (TPSA) is 52.7 Å². The van der Waals surface area contributed by atoms with Crippen LogP contribution in [0.4, 0.5) is 4.39 Å². The summed E-state index contributed by atoms with van der Waals surface area (Å²) in [5.74, 6) is -0.624. The fourth-order valence-electron chi connectivity index (χ4n) is 5.09. The van der Waals surface area contributed by atoms with Crippen LogP contribution in [0.5, 0.6) is 0 Å². The van der Waals surface area contributed by atoms with Crippen LogP contribution in [0.25, 0.3) is 21.2 Å². The van der Waals surface area contributed by atoms with Crippen LogP contribution in [0.1, 0.15) is 26.5 Å². The summed E-state index contributed by atoms with van der Waals surface area (Å²) in [7, 11) is 0. The van der Waals surface area contributed by atoms with Crippen LogP contribution < -0.4 is 5.32 Å². The quantitative estimate of drug-likeness (QED) is 0.419. The lowest BCUT2D eigenvalue weighted by Gasteiger charge is -2.40. The molecule has 1 atom stereocenters. The molecule has 1 unspecified atom stereocenters. The Labute approximate surface area is 213 Å². The zero-order valence-corrected chi connectivity index (χ0v) is 20.5. The highest BCUT2D eigenvalue weighted by atomic mass is 32.1. The van der Waals surface area contributed by atoms with Crippen LogP contribution in [0.15, 0.2) is 78.9 Å². The second-order valence-electron chi connectivity index (χ2n) is 9.50. The summed E-state index contributed by atoms with van der Waals surface area (Å²) in [6.07, 6.45) is 0.887. The molecule has 2 fully saturated rings. The first kappa shape index (κ1) is 22.9. The number of amides is 2. The number of halogens is 1. The fourth-order valence-corrected chi connectivity index (χ4v) is 6.12. The summed E-state index contributed by atoms with van der Waals surface area (Å²) in [4.78, 5) is 29.5. The van der Waals surface area contributed by atoms with E-state index in [4.69, 9.17) is 0 Å². The number of hydrogen-bond donors (Lipinski definition) is 1. The van der Waals surface area contributed by atoms with Crippen molar-refractivity contribution in [2.75, 3.05) is 26.2 Å². The first-order valence-electron chi connectivity index (χ1n) is 12.2. The molecule has 0 saturated carbocycles. The van der Waals surface area contributed by atoms with Gasteiger partial charge in [0.15, 0.2) is 5.82 Å². The summed E-state index contributed by atoms with van der Waals surface area (Å²) < 4.78 is 16.1. The normalized spacial score (nSPS) is 18.0. The van der Waals surface area contributed by atoms with Crippen LogP contribution >= 0.6 is 11.3 Å². The second-order valence-corrected chi connectivity index (χ2v) is 10.6. The van der Waals surface area contributed by atoms with E-state index in [2.05, 4.69) is 5.32 Å². The lowest BCUT2D eigenvalue weighted by molar-refractivity contribution is 0.0553. The van der Waals surface area contributed by atoms with Crippen molar-refractivity contribution in [2.24, 2.45) is 0 Å². The van der Waals surface area contributed by atoms with Gasteiger partial charge in [-0.05, 0) is 41.8 Å². The van der Waals surface area contributed by atoms with E-state index in [1.807, 2.05) is 83.8 Å². The SMILES string of the molecule is O=C(c1ccccc1)N1CCC(NC2CN(C(=O)c3sc4ccc(-c5ccccc5)cc4c3F)C2)C1. The number of rotatable bonds is 5. The van der Waals surface area contributed by atoms with E-state index in [9.17, 15) is 9.59 Å². The minimum Gasteiger partial charge on any atom is -0.337 e. The smallest absolute Gasteiger partial charge is 0.267 e. The number of benzene rings is 3. The van der Waals surface area contributed by atoms with E-state index in [-0.39, 0.29) is 28.8 Å². The van der Waals surface area contributed by atoms with E-state index in [0.717, 1.165) is 28.8 Å². The molecule has 0 radical (unpaired) electrons. The Hall–Kier alpha value is -3.55. The van der Waals surface area contributed by atoms with E-state index < -0.39 is 5.82 Å². The lowest BCUT2D eigenvalue weighted by atomic mass is 10.0. The zero-order chi connectivity index (χ0) is 24.6. The number of hydrogen-bond acceptors (Lipinski definition) is 4. The number of carbonyl (C=O) groups is 2. The molecule has 1 N–H and O–H groups in total. The number of thiophene rings is 1. The standard InChI is InChI=1S/C29H26FN3O2S/c30-26-24-15-21(19-7-3-1-4-8-19)11-12-25(24)36-27(26)29(35)33-17-23(18-33)31-22-13-14-32(16-22)28(34)20-9-5-2-6-10-20/h1-12,15,22-23,31H,13-14,16-18H2. The Balaban J connectivity index is 1.07. The highest BCUT2D eigenvalue weighted by molar-refractivity contribution is 7.20. The Morgan fingerprint density at radius 3 is 2.25 bits per heavy atom. The molecule has 2 saturated heterocycles. The first-order valence-corrected chi connectivity index (χ1v) is 13.1. The summed E-state index contributed by atoms with van der Waals surface area (Å²) in [6.45, 7) is 2.47. The van der Waals surface area contributed by atoms with Gasteiger partial charge in [0.2, 0.25) is 0 Å². The Morgan fingerprint density at radius 1 is 0.806 bits per heavy atom. The molecule has 1 aromatic heterocycles. The predicted molar refractivity (Wildman–Crippen MR) is 141 cm³/mol. The molecule has 2 aliphatic heterocycles. The molecule has 36 heavy (non-hydrogen) atoms. The van der Waals surface area contributed by atoms with Crippen molar-refractivity contribution in [3.8, 4) is 11.1 Å². The van der Waals surface area contributed by atoms with Crippen molar-refractivity contribution in [3.63, 3.8) is 0 Å². The molecule has 2 aliphatic rings. The van der Waals surface area contributed by atoms with Crippen molar-refractivity contribution in [3.05, 3.63) is 95.1 Å². The summed E-state index contributed by atoms with van der Waals surface area (Å²) in [5, 5.41) is 4.07. The monoisotopic (exact) mass is 499 g/mol. The lowest BCUT2D eigenvalue weighted by Crippen LogP contribution is -2.62. The molecule has 3 heterocycles. The van der Waals surface area contributed by atoms with Crippen molar-refractivity contribution in [1.29, 1.82) is 0 Å². The van der Waals surface area contributed by atoms with Gasteiger partial charge in [0.1, 0.15) is 4.88 Å². The van der Waals surface area contributed by atoms with Crippen molar-refractivity contribution in [2.45, 2.75) is 18.5 Å². The van der Waals surface area contributed by atoms with Gasteiger partial charge >= 0.3 is 0 Å². The molecular weight excluding hydrogens is 473 g/mol. The molecule has 0 aliphatic carbocycles. The van der Waals surface area contributed by atoms with Gasteiger partial charge in [0.25, 0.3) is 11.8 Å². The van der Waals surface area contributed by atoms with Crippen LogP contribution in [0.3, 0.4) is 0 Å². The van der Waals surface area contributed by atoms with Gasteiger partial charge in [-0.15, -0.1) is 11.3 Å². The zero-order valence-electron chi connectivity index (χ0n) is 19.7. The number of likely N-dealkylation sites (tertiary alicyclic amines) is 2. The van der Waals surface area contributed by atoms with Gasteiger partial charge in [0.05, 0.1) is 0 Å². The van der Waals surface area contributed by atoms with Gasteiger partial charge in [-0.25, -0.2) is 4.39 Å². The Kier molecular flexibility index (Phi) is 6.03. The Morgan fingerprint density at radius 2 is 1.50 bits per heavy atom. The average Bonchev–Trinajstić information content (AvgIpc) is 3.50. The highest BCUT2D eigenvalue weighted by Gasteiger charge is 2.36. The average molecular weight is 500 g/mol. The number of nitrogens with one attached hydrogen (secondary N) is 1. The summed E-state index contributed by atoms with van der Waals surface area (Å²) >= 11 is 1.22. The minimum absolute atomic E-state index is 0.0565. The van der Waals surface area contributed by atoms with E-state index >= 15 is 4.39 Å². The number of fused-ring (bicyclic) bond motifs is 1. The van der Waals surface area contributed by atoms with Crippen molar-refractivity contribution >= 4 is 33.2 Å². The van der Waals surface area contributed by atoms with Crippen LogP contribution in [-0.2, 0) is 0 Å². The van der Waals surface area contributed by atoms with Gasteiger partial charge in [0, 0.05) is 53.9 Å². The van der Waals surface area contributed by atoms with Gasteiger partial charge in [-0.1, -0.05) is 54.6 Å². The molecule has 4 aromatic rings. The third-order valence-electron chi connectivity index (χ3n) is 7.07. The molecule has 0 spiro atoms. The van der Waals surface area contributed by atoms with Gasteiger partial charge in [-0.2, -0.15) is 0 Å². The maximum Gasteiger partial charge on any atom is 0.267 e. The van der Waals surface area contributed by atoms with Crippen LogP contribution in [0, 0.1) is 5.82 Å². The fraction of sp³-hybridized carbons (Fsp3) is 0.241. The molecule has 0 bridgehead atoms. The third-order valence-corrected chi connectivity index (χ3v) is 8.20. The van der Waals surface area contributed by atoms with Gasteiger partial charge < -0.3 is 15.1 Å². The van der Waals surface area contributed by atoms with E-state index in [1.54, 1.807) is 4.90 Å². The second kappa shape index (κ2) is 9.48. The summed E-state index contributed by atoms with van der Waals surface area (Å²) in [5.41, 5.74) is 2.66. The largest absolute Gasteiger partial charge is 0.337 e. The predicted octanol–water partition coefficient (Wildman–Crippen LogP) is 5.04. The maximum absolute atomic E-state index is 15.3. The third kappa shape index (κ3) is 4.29. The maximum atomic E-state index is 15.3. The van der Waals surface area contributed by atoms with Crippen LogP contribution in [0.2, 0.25) is 0 Å². The van der Waals surface area contributed by atoms with Crippen molar-refractivity contribution in [1.82, 2.24) is 15.1 Å². The van der Waals surface area contributed by atoms with E-state index in [1.165, 1.54) is 11.3 Å². The number of nitrogens with zero attached hydrogens (tertiary/aromatic N) is 2.